The topological polar surface area (TPSA) is 38.3 Å². The highest BCUT2D eigenvalue weighted by Crippen LogP contribution is 2.36. The summed E-state index contributed by atoms with van der Waals surface area (Å²) in [5, 5.41) is 4.56. The fourth-order valence-electron chi connectivity index (χ4n) is 3.95. The Labute approximate surface area is 187 Å². The predicted octanol–water partition coefficient (Wildman–Crippen LogP) is 6.90. The van der Waals surface area contributed by atoms with Crippen molar-refractivity contribution in [3.63, 3.8) is 0 Å². The molecular formula is C24H20ClF4NO2. The number of amides is 1. The molecule has 3 aromatic rings. The van der Waals surface area contributed by atoms with E-state index in [0.717, 1.165) is 37.8 Å². The molecule has 3 aromatic carbocycles. The summed E-state index contributed by atoms with van der Waals surface area (Å²) in [7, 11) is 0. The number of ether oxygens (including phenoxy) is 1. The second-order valence-corrected chi connectivity index (χ2v) is 8.24. The third kappa shape index (κ3) is 4.67. The molecule has 0 aliphatic heterocycles. The van der Waals surface area contributed by atoms with Gasteiger partial charge >= 0.3 is 6.18 Å². The summed E-state index contributed by atoms with van der Waals surface area (Å²) >= 11 is 6.40. The van der Waals surface area contributed by atoms with Crippen LogP contribution in [0.5, 0.6) is 5.75 Å². The summed E-state index contributed by atoms with van der Waals surface area (Å²) in [5.74, 6) is -1.18. The summed E-state index contributed by atoms with van der Waals surface area (Å²) in [6.45, 7) is -0.348. The molecule has 1 aliphatic carbocycles. The number of nitrogens with one attached hydrogen (secondary N) is 1. The minimum atomic E-state index is -4.64. The van der Waals surface area contributed by atoms with E-state index in [4.69, 9.17) is 16.3 Å². The molecule has 168 valence electrons. The highest BCUT2D eigenvalue weighted by molar-refractivity contribution is 6.36. The Morgan fingerprint density at radius 1 is 1.06 bits per heavy atom. The van der Waals surface area contributed by atoms with Crippen LogP contribution in [0.4, 0.5) is 17.6 Å². The van der Waals surface area contributed by atoms with Gasteiger partial charge in [-0.25, -0.2) is 4.39 Å². The molecule has 8 heteroatoms. The molecule has 3 nitrogen and oxygen atoms in total. The molecule has 0 spiro atoms. The van der Waals surface area contributed by atoms with Gasteiger partial charge < -0.3 is 10.1 Å². The summed E-state index contributed by atoms with van der Waals surface area (Å²) in [6.07, 6.45) is -0.780. The molecule has 0 bridgehead atoms. The van der Waals surface area contributed by atoms with Crippen LogP contribution >= 0.6 is 11.6 Å². The number of benzene rings is 3. The molecule has 32 heavy (non-hydrogen) atoms. The normalized spacial score (nSPS) is 14.7. The van der Waals surface area contributed by atoms with E-state index in [1.807, 2.05) is 0 Å². The average molecular weight is 466 g/mol. The molecule has 1 fully saturated rings. The lowest BCUT2D eigenvalue weighted by atomic mass is 10.0. The fourth-order valence-corrected chi connectivity index (χ4v) is 4.23. The Balaban J connectivity index is 1.67. The van der Waals surface area contributed by atoms with Crippen LogP contribution in [0.1, 0.15) is 47.2 Å². The molecule has 1 amide bonds. The van der Waals surface area contributed by atoms with Crippen LogP contribution < -0.4 is 10.1 Å². The van der Waals surface area contributed by atoms with Crippen molar-refractivity contribution < 1.29 is 27.1 Å². The van der Waals surface area contributed by atoms with E-state index in [-0.39, 0.29) is 35.4 Å². The second-order valence-electron chi connectivity index (χ2n) is 7.83. The Bertz CT molecular complexity index is 1160. The summed E-state index contributed by atoms with van der Waals surface area (Å²) in [6, 6.07) is 10.9. The number of hydrogen-bond acceptors (Lipinski definition) is 2. The van der Waals surface area contributed by atoms with Crippen LogP contribution in [0.3, 0.4) is 0 Å². The molecule has 0 radical (unpaired) electrons. The van der Waals surface area contributed by atoms with Crippen molar-refractivity contribution in [3.05, 3.63) is 76.1 Å². The maximum atomic E-state index is 14.3. The van der Waals surface area contributed by atoms with E-state index in [1.54, 1.807) is 24.3 Å². The molecule has 0 unspecified atom stereocenters. The van der Waals surface area contributed by atoms with Gasteiger partial charge in [0.25, 0.3) is 5.91 Å². The fraction of sp³-hybridized carbons (Fsp3) is 0.292. The highest BCUT2D eigenvalue weighted by atomic mass is 35.5. The van der Waals surface area contributed by atoms with Crippen molar-refractivity contribution in [2.45, 2.75) is 44.5 Å². The van der Waals surface area contributed by atoms with Crippen molar-refractivity contribution >= 4 is 28.3 Å². The lowest BCUT2D eigenvalue weighted by Gasteiger charge is -2.18. The molecule has 4 rings (SSSR count). The smallest absolute Gasteiger partial charge is 0.416 e. The number of halogens is 5. The van der Waals surface area contributed by atoms with Gasteiger partial charge in [-0.15, -0.1) is 0 Å². The predicted molar refractivity (Wildman–Crippen MR) is 114 cm³/mol. The maximum absolute atomic E-state index is 14.3. The first-order valence-electron chi connectivity index (χ1n) is 10.2. The van der Waals surface area contributed by atoms with Crippen molar-refractivity contribution in [2.24, 2.45) is 0 Å². The van der Waals surface area contributed by atoms with E-state index < -0.39 is 17.6 Å². The zero-order chi connectivity index (χ0) is 22.9. The minimum absolute atomic E-state index is 0.0563. The van der Waals surface area contributed by atoms with Gasteiger partial charge in [-0.2, -0.15) is 13.2 Å². The van der Waals surface area contributed by atoms with Crippen LogP contribution in [-0.2, 0) is 12.8 Å². The Hall–Kier alpha value is -2.80. The number of alkyl halides is 3. The Kier molecular flexibility index (Phi) is 6.29. The van der Waals surface area contributed by atoms with Crippen LogP contribution in [-0.4, -0.2) is 11.9 Å². The van der Waals surface area contributed by atoms with Gasteiger partial charge in [0.15, 0.2) is 0 Å². The van der Waals surface area contributed by atoms with Crippen LogP contribution in [0.15, 0.2) is 48.5 Å². The lowest BCUT2D eigenvalue weighted by molar-refractivity contribution is -0.137. The quantitative estimate of drug-likeness (QED) is 0.416. The van der Waals surface area contributed by atoms with Crippen LogP contribution in [0.25, 0.3) is 10.8 Å². The van der Waals surface area contributed by atoms with Gasteiger partial charge in [-0.1, -0.05) is 54.8 Å². The number of hydrogen-bond donors (Lipinski definition) is 1. The van der Waals surface area contributed by atoms with Gasteiger partial charge in [-0.05, 0) is 31.0 Å². The van der Waals surface area contributed by atoms with Gasteiger partial charge in [0, 0.05) is 27.4 Å². The largest absolute Gasteiger partial charge is 0.487 e. The first-order valence-corrected chi connectivity index (χ1v) is 10.6. The summed E-state index contributed by atoms with van der Waals surface area (Å²) < 4.78 is 58.6. The minimum Gasteiger partial charge on any atom is -0.487 e. The summed E-state index contributed by atoms with van der Waals surface area (Å²) in [5.41, 5.74) is -0.931. The second kappa shape index (κ2) is 8.98. The molecular weight excluding hydrogens is 446 g/mol. The zero-order valence-electron chi connectivity index (χ0n) is 16.9. The third-order valence-electron chi connectivity index (χ3n) is 5.63. The molecule has 0 aromatic heterocycles. The van der Waals surface area contributed by atoms with Crippen LogP contribution in [0.2, 0.25) is 5.02 Å². The molecule has 0 atom stereocenters. The van der Waals surface area contributed by atoms with Gasteiger partial charge in [0.1, 0.15) is 18.2 Å². The first kappa shape index (κ1) is 22.4. The maximum Gasteiger partial charge on any atom is 0.416 e. The van der Waals surface area contributed by atoms with Gasteiger partial charge in [-0.3, -0.25) is 4.79 Å². The van der Waals surface area contributed by atoms with Crippen LogP contribution in [0, 0.1) is 5.82 Å². The van der Waals surface area contributed by atoms with E-state index in [2.05, 4.69) is 5.32 Å². The zero-order valence-corrected chi connectivity index (χ0v) is 17.7. The Morgan fingerprint density at radius 3 is 2.41 bits per heavy atom. The monoisotopic (exact) mass is 465 g/mol. The van der Waals surface area contributed by atoms with Crippen molar-refractivity contribution in [1.82, 2.24) is 5.32 Å². The number of carbonyl (C=O) groups is 1. The number of rotatable bonds is 5. The SMILES string of the molecule is O=C(NC1CCCC1)c1cc(Cl)c2ccccc2c1OCc1ccc(C(F)(F)F)cc1F. The molecule has 0 heterocycles. The van der Waals surface area contributed by atoms with Crippen molar-refractivity contribution in [1.29, 1.82) is 0 Å². The number of fused-ring (bicyclic) bond motifs is 1. The number of carbonyl (C=O) groups excluding carboxylic acids is 1. The first-order chi connectivity index (χ1) is 15.2. The molecule has 0 saturated heterocycles. The molecule has 1 saturated carbocycles. The molecule has 1 N–H and O–H groups in total. The highest BCUT2D eigenvalue weighted by Gasteiger charge is 2.31. The van der Waals surface area contributed by atoms with E-state index in [9.17, 15) is 22.4 Å². The molecule has 1 aliphatic rings. The van der Waals surface area contributed by atoms with Gasteiger partial charge in [0.05, 0.1) is 11.1 Å². The van der Waals surface area contributed by atoms with E-state index in [0.29, 0.717) is 21.9 Å². The van der Waals surface area contributed by atoms with Crippen molar-refractivity contribution in [2.75, 3.05) is 0 Å². The summed E-state index contributed by atoms with van der Waals surface area (Å²) in [4.78, 5) is 13.0. The third-order valence-corrected chi connectivity index (χ3v) is 5.94. The van der Waals surface area contributed by atoms with Gasteiger partial charge in [0.2, 0.25) is 0 Å². The lowest BCUT2D eigenvalue weighted by Crippen LogP contribution is -2.32. The van der Waals surface area contributed by atoms with Crippen molar-refractivity contribution in [3.8, 4) is 5.75 Å². The Morgan fingerprint density at radius 2 is 1.75 bits per heavy atom. The van der Waals surface area contributed by atoms with E-state index >= 15 is 0 Å². The van der Waals surface area contributed by atoms with E-state index in [1.165, 1.54) is 6.07 Å². The average Bonchev–Trinajstić information content (AvgIpc) is 3.26. The standard InChI is InChI=1S/C24H20ClF4NO2/c25-20-12-19(23(31)30-16-5-1-2-6-16)22(18-8-4-3-7-17(18)20)32-13-14-9-10-15(11-21(14)26)24(27,28)29/h3-4,7-12,16H,1-2,5-6,13H2,(H,30,31).